The molecule has 70 valence electrons. The molecule has 2 heterocycles. The highest BCUT2D eigenvalue weighted by Crippen LogP contribution is 2.34. The molecule has 0 aliphatic carbocycles. The molecule has 2 saturated heterocycles. The van der Waals surface area contributed by atoms with Gasteiger partial charge in [-0.05, 0) is 40.2 Å². The predicted molar refractivity (Wildman–Crippen MR) is 51.3 cm³/mol. The Morgan fingerprint density at radius 3 is 2.33 bits per heavy atom. The number of likely N-dealkylation sites (tertiary alicyclic amines) is 1. The maximum absolute atomic E-state index is 3.63. The molecule has 0 bridgehead atoms. The van der Waals surface area contributed by atoms with Crippen molar-refractivity contribution >= 4 is 0 Å². The second kappa shape index (κ2) is 2.46. The van der Waals surface area contributed by atoms with Crippen molar-refractivity contribution in [2.45, 2.75) is 44.7 Å². The summed E-state index contributed by atoms with van der Waals surface area (Å²) < 4.78 is 0. The van der Waals surface area contributed by atoms with Crippen LogP contribution in [0.4, 0.5) is 0 Å². The van der Waals surface area contributed by atoms with Crippen LogP contribution in [0, 0.1) is 0 Å². The standard InChI is InChI=1S/C10H20N2/c1-9(2,3)12-7-10(8-12)5-4-6-11-10/h11H,4-8H2,1-3H3. The van der Waals surface area contributed by atoms with Gasteiger partial charge in [0.25, 0.3) is 0 Å². The van der Waals surface area contributed by atoms with Gasteiger partial charge in [-0.2, -0.15) is 0 Å². The van der Waals surface area contributed by atoms with E-state index in [1.165, 1.54) is 32.5 Å². The van der Waals surface area contributed by atoms with Gasteiger partial charge in [-0.15, -0.1) is 0 Å². The van der Waals surface area contributed by atoms with Gasteiger partial charge in [-0.1, -0.05) is 0 Å². The maximum atomic E-state index is 3.63. The van der Waals surface area contributed by atoms with Crippen molar-refractivity contribution in [3.63, 3.8) is 0 Å². The molecule has 0 unspecified atom stereocenters. The van der Waals surface area contributed by atoms with Gasteiger partial charge in [0.2, 0.25) is 0 Å². The lowest BCUT2D eigenvalue weighted by Gasteiger charge is -2.54. The number of rotatable bonds is 0. The first-order valence-corrected chi connectivity index (χ1v) is 5.02. The summed E-state index contributed by atoms with van der Waals surface area (Å²) in [6.07, 6.45) is 2.76. The van der Waals surface area contributed by atoms with Crippen LogP contribution in [0.3, 0.4) is 0 Å². The fourth-order valence-electron chi connectivity index (χ4n) is 2.30. The molecule has 2 nitrogen and oxygen atoms in total. The van der Waals surface area contributed by atoms with Crippen LogP contribution in [0.5, 0.6) is 0 Å². The van der Waals surface area contributed by atoms with Crippen molar-refractivity contribution in [2.24, 2.45) is 0 Å². The highest BCUT2D eigenvalue weighted by molar-refractivity contribution is 5.08. The molecule has 0 amide bonds. The minimum absolute atomic E-state index is 0.371. The molecule has 0 atom stereocenters. The van der Waals surface area contributed by atoms with Gasteiger partial charge in [0.15, 0.2) is 0 Å². The van der Waals surface area contributed by atoms with Gasteiger partial charge in [0.05, 0.1) is 0 Å². The third kappa shape index (κ3) is 1.27. The maximum Gasteiger partial charge on any atom is 0.0438 e. The van der Waals surface area contributed by atoms with Crippen LogP contribution in [-0.2, 0) is 0 Å². The first kappa shape index (κ1) is 8.52. The summed E-state index contributed by atoms with van der Waals surface area (Å²) in [4.78, 5) is 2.56. The number of nitrogens with zero attached hydrogens (tertiary/aromatic N) is 1. The predicted octanol–water partition coefficient (Wildman–Crippen LogP) is 1.22. The van der Waals surface area contributed by atoms with E-state index in [9.17, 15) is 0 Å². The van der Waals surface area contributed by atoms with Crippen molar-refractivity contribution in [2.75, 3.05) is 19.6 Å². The van der Waals surface area contributed by atoms with Gasteiger partial charge < -0.3 is 5.32 Å². The van der Waals surface area contributed by atoms with E-state index in [0.717, 1.165) is 0 Å². The van der Waals surface area contributed by atoms with Crippen LogP contribution >= 0.6 is 0 Å². The average Bonchev–Trinajstić information content (AvgIpc) is 2.27. The van der Waals surface area contributed by atoms with E-state index in [-0.39, 0.29) is 0 Å². The normalized spacial score (nSPS) is 29.2. The molecule has 2 fully saturated rings. The Labute approximate surface area is 75.3 Å². The van der Waals surface area contributed by atoms with E-state index in [4.69, 9.17) is 0 Å². The van der Waals surface area contributed by atoms with E-state index in [0.29, 0.717) is 11.1 Å². The topological polar surface area (TPSA) is 15.3 Å². The zero-order valence-electron chi connectivity index (χ0n) is 8.48. The molecule has 0 saturated carbocycles. The van der Waals surface area contributed by atoms with Crippen LogP contribution in [0.2, 0.25) is 0 Å². The Balaban J connectivity index is 1.90. The molecule has 2 aliphatic heterocycles. The van der Waals surface area contributed by atoms with Gasteiger partial charge in [0, 0.05) is 24.2 Å². The fourth-order valence-corrected chi connectivity index (χ4v) is 2.30. The Kier molecular flexibility index (Phi) is 1.74. The van der Waals surface area contributed by atoms with Crippen molar-refractivity contribution in [3.8, 4) is 0 Å². The SMILES string of the molecule is CC(C)(C)N1CC2(CCCN2)C1. The summed E-state index contributed by atoms with van der Waals surface area (Å²) in [6, 6.07) is 0. The third-order valence-corrected chi connectivity index (χ3v) is 3.27. The highest BCUT2D eigenvalue weighted by atomic mass is 15.3. The minimum Gasteiger partial charge on any atom is -0.309 e. The molecule has 2 heteroatoms. The molecular weight excluding hydrogens is 148 g/mol. The van der Waals surface area contributed by atoms with Crippen molar-refractivity contribution < 1.29 is 0 Å². The number of hydrogen-bond donors (Lipinski definition) is 1. The van der Waals surface area contributed by atoms with E-state index < -0.39 is 0 Å². The summed E-state index contributed by atoms with van der Waals surface area (Å²) in [6.45, 7) is 10.7. The molecule has 0 aromatic rings. The second-order valence-electron chi connectivity index (χ2n) is 5.34. The lowest BCUT2D eigenvalue weighted by Crippen LogP contribution is -2.70. The molecular formula is C10H20N2. The van der Waals surface area contributed by atoms with Crippen LogP contribution in [0.25, 0.3) is 0 Å². The second-order valence-corrected chi connectivity index (χ2v) is 5.34. The molecule has 0 aromatic carbocycles. The molecule has 0 aromatic heterocycles. The van der Waals surface area contributed by atoms with Crippen LogP contribution in [0.15, 0.2) is 0 Å². The summed E-state index contributed by atoms with van der Waals surface area (Å²) in [5.74, 6) is 0. The Morgan fingerprint density at radius 2 is 1.92 bits per heavy atom. The Hall–Kier alpha value is -0.0800. The molecule has 12 heavy (non-hydrogen) atoms. The zero-order chi connectivity index (χ0) is 8.82. The summed E-state index contributed by atoms with van der Waals surface area (Å²) in [5, 5.41) is 3.63. The molecule has 1 spiro atoms. The van der Waals surface area contributed by atoms with E-state index in [2.05, 4.69) is 31.0 Å². The van der Waals surface area contributed by atoms with Crippen molar-refractivity contribution in [1.82, 2.24) is 10.2 Å². The smallest absolute Gasteiger partial charge is 0.0438 e. The van der Waals surface area contributed by atoms with E-state index >= 15 is 0 Å². The van der Waals surface area contributed by atoms with Gasteiger partial charge >= 0.3 is 0 Å². The number of nitrogens with one attached hydrogen (secondary N) is 1. The molecule has 1 N–H and O–H groups in total. The van der Waals surface area contributed by atoms with Crippen molar-refractivity contribution in [1.29, 1.82) is 0 Å². The number of hydrogen-bond acceptors (Lipinski definition) is 2. The van der Waals surface area contributed by atoms with Gasteiger partial charge in [-0.3, -0.25) is 4.90 Å². The quantitative estimate of drug-likeness (QED) is 0.585. The van der Waals surface area contributed by atoms with Gasteiger partial charge in [0.1, 0.15) is 0 Å². The summed E-state index contributed by atoms with van der Waals surface area (Å²) >= 11 is 0. The molecule has 2 aliphatic rings. The van der Waals surface area contributed by atoms with E-state index in [1.54, 1.807) is 0 Å². The third-order valence-electron chi connectivity index (χ3n) is 3.27. The minimum atomic E-state index is 0.371. The largest absolute Gasteiger partial charge is 0.309 e. The fraction of sp³-hybridized carbons (Fsp3) is 1.00. The van der Waals surface area contributed by atoms with Crippen molar-refractivity contribution in [3.05, 3.63) is 0 Å². The van der Waals surface area contributed by atoms with E-state index in [1.807, 2.05) is 0 Å². The van der Waals surface area contributed by atoms with Crippen LogP contribution < -0.4 is 5.32 Å². The van der Waals surface area contributed by atoms with Gasteiger partial charge in [-0.25, -0.2) is 0 Å². The Morgan fingerprint density at radius 1 is 1.25 bits per heavy atom. The zero-order valence-corrected chi connectivity index (χ0v) is 8.48. The first-order chi connectivity index (χ1) is 5.52. The van der Waals surface area contributed by atoms with Crippen LogP contribution in [-0.4, -0.2) is 35.6 Å². The Bertz CT molecular complexity index is 167. The highest BCUT2D eigenvalue weighted by Gasteiger charge is 2.47. The molecule has 0 radical (unpaired) electrons. The first-order valence-electron chi connectivity index (χ1n) is 5.02. The summed E-state index contributed by atoms with van der Waals surface area (Å²) in [5.41, 5.74) is 0.892. The van der Waals surface area contributed by atoms with Crippen LogP contribution in [0.1, 0.15) is 33.6 Å². The molecule has 2 rings (SSSR count). The lowest BCUT2D eigenvalue weighted by atomic mass is 9.84. The summed E-state index contributed by atoms with van der Waals surface area (Å²) in [7, 11) is 0. The lowest BCUT2D eigenvalue weighted by molar-refractivity contribution is -0.0157. The average molecular weight is 168 g/mol. The monoisotopic (exact) mass is 168 g/mol.